The molecule has 0 amide bonds. The minimum Gasteiger partial charge on any atom is -0.384 e. The lowest BCUT2D eigenvalue weighted by atomic mass is 10.1. The second kappa shape index (κ2) is 4.77. The number of nitrogens with two attached hydrogens (primary N) is 1. The Bertz CT molecular complexity index is 604. The SMILES string of the molecule is Cc1nnc(Sc2cnn(C)c2)c(C(=N)N)c1C. The van der Waals surface area contributed by atoms with Crippen LogP contribution in [-0.4, -0.2) is 25.8 Å². The molecule has 2 aromatic heterocycles. The summed E-state index contributed by atoms with van der Waals surface area (Å²) < 4.78 is 1.71. The third-order valence-electron chi connectivity index (χ3n) is 2.59. The summed E-state index contributed by atoms with van der Waals surface area (Å²) in [7, 11) is 1.85. The summed E-state index contributed by atoms with van der Waals surface area (Å²) in [4.78, 5) is 0.942. The average molecular weight is 262 g/mol. The lowest BCUT2D eigenvalue weighted by Gasteiger charge is -2.09. The van der Waals surface area contributed by atoms with Gasteiger partial charge in [-0.05, 0) is 19.4 Å². The normalized spacial score (nSPS) is 10.6. The van der Waals surface area contributed by atoms with E-state index in [4.69, 9.17) is 11.1 Å². The highest BCUT2D eigenvalue weighted by Crippen LogP contribution is 2.29. The number of aromatic nitrogens is 4. The van der Waals surface area contributed by atoms with Crippen LogP contribution >= 0.6 is 11.8 Å². The summed E-state index contributed by atoms with van der Waals surface area (Å²) in [5.74, 6) is 0.0110. The second-order valence-corrected chi connectivity index (χ2v) is 5.02. The Morgan fingerprint density at radius 2 is 2.11 bits per heavy atom. The Labute approximate surface area is 109 Å². The number of amidine groups is 1. The molecule has 2 rings (SSSR count). The van der Waals surface area contributed by atoms with Gasteiger partial charge < -0.3 is 5.73 Å². The summed E-state index contributed by atoms with van der Waals surface area (Å²) in [5, 5.41) is 20.6. The number of aryl methyl sites for hydroxylation is 2. The quantitative estimate of drug-likeness (QED) is 0.641. The molecule has 0 saturated carbocycles. The van der Waals surface area contributed by atoms with E-state index in [-0.39, 0.29) is 5.84 Å². The van der Waals surface area contributed by atoms with Crippen molar-refractivity contribution in [1.82, 2.24) is 20.0 Å². The van der Waals surface area contributed by atoms with E-state index < -0.39 is 0 Å². The Morgan fingerprint density at radius 1 is 1.39 bits per heavy atom. The first-order valence-corrected chi connectivity index (χ1v) is 6.15. The molecule has 0 spiro atoms. The molecule has 7 heteroatoms. The first-order valence-electron chi connectivity index (χ1n) is 5.34. The highest BCUT2D eigenvalue weighted by Gasteiger charge is 2.15. The zero-order chi connectivity index (χ0) is 13.3. The van der Waals surface area contributed by atoms with Crippen LogP contribution in [0.5, 0.6) is 0 Å². The van der Waals surface area contributed by atoms with Gasteiger partial charge in [-0.2, -0.15) is 10.2 Å². The van der Waals surface area contributed by atoms with Crippen LogP contribution in [0, 0.1) is 19.3 Å². The molecule has 0 atom stereocenters. The maximum absolute atomic E-state index is 7.66. The average Bonchev–Trinajstić information content (AvgIpc) is 2.69. The van der Waals surface area contributed by atoms with Gasteiger partial charge in [-0.3, -0.25) is 10.1 Å². The molecule has 3 N–H and O–H groups in total. The zero-order valence-corrected chi connectivity index (χ0v) is 11.2. The first kappa shape index (κ1) is 12.6. The van der Waals surface area contributed by atoms with E-state index in [9.17, 15) is 0 Å². The highest BCUT2D eigenvalue weighted by molar-refractivity contribution is 7.99. The zero-order valence-electron chi connectivity index (χ0n) is 10.4. The van der Waals surface area contributed by atoms with Crippen molar-refractivity contribution in [3.8, 4) is 0 Å². The third kappa shape index (κ3) is 2.35. The van der Waals surface area contributed by atoms with E-state index in [1.807, 2.05) is 27.1 Å². The number of nitrogen functional groups attached to an aromatic ring is 1. The van der Waals surface area contributed by atoms with E-state index in [2.05, 4.69) is 15.3 Å². The lowest BCUT2D eigenvalue weighted by Crippen LogP contribution is -2.16. The third-order valence-corrected chi connectivity index (χ3v) is 3.51. The second-order valence-electron chi connectivity index (χ2n) is 3.96. The van der Waals surface area contributed by atoms with E-state index in [0.717, 1.165) is 16.2 Å². The number of nitrogens with zero attached hydrogens (tertiary/aromatic N) is 4. The minimum atomic E-state index is 0.0110. The highest BCUT2D eigenvalue weighted by atomic mass is 32.2. The molecule has 6 nitrogen and oxygen atoms in total. The van der Waals surface area contributed by atoms with Crippen molar-refractivity contribution in [2.45, 2.75) is 23.8 Å². The van der Waals surface area contributed by atoms with Crippen molar-refractivity contribution in [3.05, 3.63) is 29.2 Å². The molecule has 0 aliphatic heterocycles. The lowest BCUT2D eigenvalue weighted by molar-refractivity contribution is 0.766. The number of hydrogen-bond donors (Lipinski definition) is 2. The van der Waals surface area contributed by atoms with E-state index in [0.29, 0.717) is 10.6 Å². The predicted octanol–water partition coefficient (Wildman–Crippen LogP) is 1.26. The van der Waals surface area contributed by atoms with Gasteiger partial charge in [0.05, 0.1) is 22.3 Å². The fraction of sp³-hybridized carbons (Fsp3) is 0.273. The van der Waals surface area contributed by atoms with Crippen LogP contribution in [0.1, 0.15) is 16.8 Å². The van der Waals surface area contributed by atoms with Gasteiger partial charge in [0.1, 0.15) is 10.9 Å². The van der Waals surface area contributed by atoms with Crippen molar-refractivity contribution in [2.24, 2.45) is 12.8 Å². The first-order chi connectivity index (χ1) is 8.49. The van der Waals surface area contributed by atoms with Gasteiger partial charge in [0.25, 0.3) is 0 Å². The number of rotatable bonds is 3. The van der Waals surface area contributed by atoms with Crippen molar-refractivity contribution in [3.63, 3.8) is 0 Å². The molecular formula is C11H14N6S. The van der Waals surface area contributed by atoms with Gasteiger partial charge in [0.2, 0.25) is 0 Å². The predicted molar refractivity (Wildman–Crippen MR) is 69.9 cm³/mol. The van der Waals surface area contributed by atoms with Crippen LogP contribution in [0.3, 0.4) is 0 Å². The van der Waals surface area contributed by atoms with Crippen molar-refractivity contribution in [1.29, 1.82) is 5.41 Å². The van der Waals surface area contributed by atoms with E-state index in [1.54, 1.807) is 10.9 Å². The maximum Gasteiger partial charge on any atom is 0.135 e. The van der Waals surface area contributed by atoms with Gasteiger partial charge in [-0.1, -0.05) is 11.8 Å². The largest absolute Gasteiger partial charge is 0.384 e. The monoisotopic (exact) mass is 262 g/mol. The molecule has 0 aliphatic carbocycles. The summed E-state index contributed by atoms with van der Waals surface area (Å²) in [6.45, 7) is 3.75. The Morgan fingerprint density at radius 3 is 2.67 bits per heavy atom. The van der Waals surface area contributed by atoms with Crippen molar-refractivity contribution in [2.75, 3.05) is 0 Å². The Hall–Kier alpha value is -1.89. The molecule has 0 saturated heterocycles. The number of nitrogens with one attached hydrogen (secondary N) is 1. The van der Waals surface area contributed by atoms with Gasteiger partial charge in [-0.15, -0.1) is 5.10 Å². The van der Waals surface area contributed by atoms with Crippen molar-refractivity contribution < 1.29 is 0 Å². The molecule has 0 unspecified atom stereocenters. The van der Waals surface area contributed by atoms with Gasteiger partial charge in [0, 0.05) is 13.2 Å². The molecule has 94 valence electrons. The molecule has 0 fully saturated rings. The van der Waals surface area contributed by atoms with Gasteiger partial charge >= 0.3 is 0 Å². The smallest absolute Gasteiger partial charge is 0.135 e. The van der Waals surface area contributed by atoms with Crippen LogP contribution in [-0.2, 0) is 7.05 Å². The summed E-state index contributed by atoms with van der Waals surface area (Å²) in [6.07, 6.45) is 3.62. The maximum atomic E-state index is 7.66. The summed E-state index contributed by atoms with van der Waals surface area (Å²) >= 11 is 1.41. The molecule has 2 aromatic rings. The summed E-state index contributed by atoms with van der Waals surface area (Å²) in [5.41, 5.74) is 7.95. The number of hydrogen-bond acceptors (Lipinski definition) is 5. The molecule has 18 heavy (non-hydrogen) atoms. The van der Waals surface area contributed by atoms with E-state index >= 15 is 0 Å². The molecule has 0 radical (unpaired) electrons. The van der Waals surface area contributed by atoms with Crippen LogP contribution < -0.4 is 5.73 Å². The minimum absolute atomic E-state index is 0.0110. The van der Waals surface area contributed by atoms with Crippen molar-refractivity contribution >= 4 is 17.6 Å². The fourth-order valence-electron chi connectivity index (χ4n) is 1.54. The van der Waals surface area contributed by atoms with Crippen LogP contribution in [0.25, 0.3) is 0 Å². The standard InChI is InChI=1S/C11H14N6S/c1-6-7(2)15-16-11(9(6)10(12)13)18-8-4-14-17(3)5-8/h4-5H,1-3H3,(H3,12,13). The van der Waals surface area contributed by atoms with E-state index in [1.165, 1.54) is 11.8 Å². The Balaban J connectivity index is 2.44. The molecule has 0 bridgehead atoms. The molecule has 0 aliphatic rings. The van der Waals surface area contributed by atoms with Gasteiger partial charge in [0.15, 0.2) is 0 Å². The molecule has 2 heterocycles. The van der Waals surface area contributed by atoms with Crippen LogP contribution in [0.4, 0.5) is 0 Å². The van der Waals surface area contributed by atoms with Crippen LogP contribution in [0.2, 0.25) is 0 Å². The molecular weight excluding hydrogens is 248 g/mol. The van der Waals surface area contributed by atoms with Crippen LogP contribution in [0.15, 0.2) is 22.3 Å². The topological polar surface area (TPSA) is 93.5 Å². The summed E-state index contributed by atoms with van der Waals surface area (Å²) in [6, 6.07) is 0. The fourth-order valence-corrected chi connectivity index (χ4v) is 2.51. The van der Waals surface area contributed by atoms with Gasteiger partial charge in [-0.25, -0.2) is 0 Å². The molecule has 0 aromatic carbocycles. The Kier molecular flexibility index (Phi) is 3.33.